The van der Waals surface area contributed by atoms with Gasteiger partial charge in [0.15, 0.2) is 0 Å². The summed E-state index contributed by atoms with van der Waals surface area (Å²) in [6.45, 7) is 1.90. The van der Waals surface area contributed by atoms with E-state index in [1.807, 2.05) is 49.4 Å². The first-order valence-corrected chi connectivity index (χ1v) is 10.8. The van der Waals surface area contributed by atoms with Gasteiger partial charge in [0, 0.05) is 23.3 Å². The van der Waals surface area contributed by atoms with Crippen molar-refractivity contribution in [2.24, 2.45) is 0 Å². The SMILES string of the molecule is CON(C)S(=O)(=O)c1ccc(C(=O)Nc2ccc(-c3cccc(Cl)c3)cc2C)cc1. The van der Waals surface area contributed by atoms with Gasteiger partial charge in [0.25, 0.3) is 15.9 Å². The van der Waals surface area contributed by atoms with E-state index in [0.29, 0.717) is 16.3 Å². The van der Waals surface area contributed by atoms with Crippen molar-refractivity contribution in [3.05, 3.63) is 82.9 Å². The molecule has 0 saturated carbocycles. The van der Waals surface area contributed by atoms with Crippen LogP contribution in [0, 0.1) is 6.92 Å². The zero-order valence-corrected chi connectivity index (χ0v) is 18.3. The summed E-state index contributed by atoms with van der Waals surface area (Å²) in [5.41, 5.74) is 3.88. The van der Waals surface area contributed by atoms with Gasteiger partial charge >= 0.3 is 0 Å². The van der Waals surface area contributed by atoms with E-state index in [9.17, 15) is 13.2 Å². The minimum Gasteiger partial charge on any atom is -0.322 e. The molecule has 156 valence electrons. The molecule has 0 unspecified atom stereocenters. The third kappa shape index (κ3) is 4.71. The lowest BCUT2D eigenvalue weighted by molar-refractivity contribution is -0.0258. The summed E-state index contributed by atoms with van der Waals surface area (Å²) in [5, 5.41) is 3.52. The molecule has 0 aliphatic heterocycles. The largest absolute Gasteiger partial charge is 0.322 e. The van der Waals surface area contributed by atoms with Gasteiger partial charge in [-0.3, -0.25) is 9.63 Å². The summed E-state index contributed by atoms with van der Waals surface area (Å²) in [5.74, 6) is -0.336. The first-order valence-electron chi connectivity index (χ1n) is 9.03. The number of amides is 1. The van der Waals surface area contributed by atoms with E-state index >= 15 is 0 Å². The van der Waals surface area contributed by atoms with Crippen LogP contribution in [-0.4, -0.2) is 33.0 Å². The number of sulfonamides is 1. The second kappa shape index (κ2) is 8.97. The Labute approximate surface area is 181 Å². The van der Waals surface area contributed by atoms with Crippen LogP contribution in [0.3, 0.4) is 0 Å². The summed E-state index contributed by atoms with van der Waals surface area (Å²) in [7, 11) is -1.20. The van der Waals surface area contributed by atoms with Gasteiger partial charge in [-0.15, -0.1) is 0 Å². The number of aryl methyl sites for hydroxylation is 1. The molecule has 3 aromatic carbocycles. The molecule has 6 nitrogen and oxygen atoms in total. The lowest BCUT2D eigenvalue weighted by Gasteiger charge is -2.14. The monoisotopic (exact) mass is 444 g/mol. The molecular weight excluding hydrogens is 424 g/mol. The lowest BCUT2D eigenvalue weighted by atomic mass is 10.0. The van der Waals surface area contributed by atoms with Gasteiger partial charge in [-0.1, -0.05) is 34.3 Å². The molecule has 0 radical (unpaired) electrons. The Bertz CT molecular complexity index is 1180. The minimum absolute atomic E-state index is 0.0328. The molecule has 0 spiro atoms. The summed E-state index contributed by atoms with van der Waals surface area (Å²) in [6.07, 6.45) is 0. The second-order valence-electron chi connectivity index (χ2n) is 6.62. The Morgan fingerprint density at radius 1 is 1.00 bits per heavy atom. The van der Waals surface area contributed by atoms with Crippen LogP contribution >= 0.6 is 11.6 Å². The Balaban J connectivity index is 1.78. The molecule has 0 aromatic heterocycles. The van der Waals surface area contributed by atoms with Crippen molar-refractivity contribution in [1.82, 2.24) is 4.47 Å². The number of nitrogens with zero attached hydrogens (tertiary/aromatic N) is 1. The van der Waals surface area contributed by atoms with Crippen LogP contribution in [-0.2, 0) is 14.9 Å². The standard InChI is InChI=1S/C22H21ClN2O4S/c1-15-13-18(17-5-4-6-19(23)14-17)9-12-21(15)24-22(26)16-7-10-20(11-8-16)30(27,28)25(2)29-3/h4-14H,1-3H3,(H,24,26). The van der Waals surface area contributed by atoms with Crippen LogP contribution in [0.15, 0.2) is 71.6 Å². The summed E-state index contributed by atoms with van der Waals surface area (Å²) < 4.78 is 25.2. The highest BCUT2D eigenvalue weighted by atomic mass is 35.5. The number of carbonyl (C=O) groups excluding carboxylic acids is 1. The number of hydrogen-bond acceptors (Lipinski definition) is 4. The fourth-order valence-electron chi connectivity index (χ4n) is 2.87. The molecule has 0 fully saturated rings. The number of benzene rings is 3. The third-order valence-electron chi connectivity index (χ3n) is 4.64. The molecule has 0 saturated heterocycles. The van der Waals surface area contributed by atoms with Crippen molar-refractivity contribution >= 4 is 33.2 Å². The highest BCUT2D eigenvalue weighted by molar-refractivity contribution is 7.89. The molecular formula is C22H21ClN2O4S. The predicted molar refractivity (Wildman–Crippen MR) is 118 cm³/mol. The number of carbonyl (C=O) groups is 1. The van der Waals surface area contributed by atoms with Gasteiger partial charge in [-0.2, -0.15) is 0 Å². The number of hydrogen-bond donors (Lipinski definition) is 1. The van der Waals surface area contributed by atoms with Gasteiger partial charge in [0.05, 0.1) is 12.0 Å². The molecule has 3 aromatic rings. The van der Waals surface area contributed by atoms with E-state index in [1.165, 1.54) is 38.4 Å². The molecule has 1 amide bonds. The van der Waals surface area contributed by atoms with E-state index in [1.54, 1.807) is 0 Å². The smallest absolute Gasteiger partial charge is 0.264 e. The summed E-state index contributed by atoms with van der Waals surface area (Å²) in [4.78, 5) is 17.4. The second-order valence-corrected chi connectivity index (χ2v) is 8.99. The maximum absolute atomic E-state index is 12.6. The number of halogens is 1. The van der Waals surface area contributed by atoms with Crippen molar-refractivity contribution in [2.75, 3.05) is 19.5 Å². The summed E-state index contributed by atoms with van der Waals surface area (Å²) >= 11 is 6.06. The van der Waals surface area contributed by atoms with Crippen molar-refractivity contribution in [3.8, 4) is 11.1 Å². The van der Waals surface area contributed by atoms with Crippen LogP contribution in [0.4, 0.5) is 5.69 Å². The van der Waals surface area contributed by atoms with Crippen molar-refractivity contribution < 1.29 is 18.0 Å². The third-order valence-corrected chi connectivity index (χ3v) is 6.57. The normalized spacial score (nSPS) is 11.5. The first kappa shape index (κ1) is 22.0. The van der Waals surface area contributed by atoms with Gasteiger partial charge in [0.2, 0.25) is 0 Å². The van der Waals surface area contributed by atoms with Gasteiger partial charge in [-0.25, -0.2) is 8.42 Å². The predicted octanol–water partition coefficient (Wildman–Crippen LogP) is 4.75. The minimum atomic E-state index is -3.76. The average molecular weight is 445 g/mol. The zero-order chi connectivity index (χ0) is 21.9. The Kier molecular flexibility index (Phi) is 6.58. The fraction of sp³-hybridized carbons (Fsp3) is 0.136. The maximum Gasteiger partial charge on any atom is 0.264 e. The van der Waals surface area contributed by atoms with E-state index in [4.69, 9.17) is 16.4 Å². The molecule has 8 heteroatoms. The van der Waals surface area contributed by atoms with Gasteiger partial charge < -0.3 is 5.32 Å². The summed E-state index contributed by atoms with van der Waals surface area (Å²) in [6, 6.07) is 18.9. The van der Waals surface area contributed by atoms with E-state index in [-0.39, 0.29) is 10.8 Å². The fourth-order valence-corrected chi connectivity index (χ4v) is 4.03. The van der Waals surface area contributed by atoms with E-state index in [0.717, 1.165) is 21.2 Å². The number of hydroxylamine groups is 1. The molecule has 30 heavy (non-hydrogen) atoms. The molecule has 0 atom stereocenters. The van der Waals surface area contributed by atoms with E-state index < -0.39 is 10.0 Å². The van der Waals surface area contributed by atoms with Crippen molar-refractivity contribution in [3.63, 3.8) is 0 Å². The molecule has 1 N–H and O–H groups in total. The van der Waals surface area contributed by atoms with Crippen LogP contribution in [0.2, 0.25) is 5.02 Å². The maximum atomic E-state index is 12.6. The molecule has 0 heterocycles. The van der Waals surface area contributed by atoms with Crippen molar-refractivity contribution in [1.29, 1.82) is 0 Å². The van der Waals surface area contributed by atoms with Crippen LogP contribution < -0.4 is 5.32 Å². The quantitative estimate of drug-likeness (QED) is 0.556. The highest BCUT2D eigenvalue weighted by Gasteiger charge is 2.21. The Morgan fingerprint density at radius 2 is 1.67 bits per heavy atom. The zero-order valence-electron chi connectivity index (χ0n) is 16.7. The Morgan fingerprint density at radius 3 is 2.27 bits per heavy atom. The number of rotatable bonds is 6. The molecule has 0 aliphatic carbocycles. The Hall–Kier alpha value is -2.71. The topological polar surface area (TPSA) is 75.7 Å². The van der Waals surface area contributed by atoms with Gasteiger partial charge in [-0.05, 0) is 72.1 Å². The van der Waals surface area contributed by atoms with Gasteiger partial charge in [0.1, 0.15) is 0 Å². The average Bonchev–Trinajstić information content (AvgIpc) is 2.74. The lowest BCUT2D eigenvalue weighted by Crippen LogP contribution is -2.25. The van der Waals surface area contributed by atoms with Crippen molar-refractivity contribution in [2.45, 2.75) is 11.8 Å². The van der Waals surface area contributed by atoms with Crippen LogP contribution in [0.25, 0.3) is 11.1 Å². The highest BCUT2D eigenvalue weighted by Crippen LogP contribution is 2.27. The molecule has 3 rings (SSSR count). The molecule has 0 bridgehead atoms. The number of anilines is 1. The first-order chi connectivity index (χ1) is 14.2. The number of nitrogens with one attached hydrogen (secondary N) is 1. The molecule has 0 aliphatic rings. The van der Waals surface area contributed by atoms with E-state index in [2.05, 4.69) is 5.32 Å². The van der Waals surface area contributed by atoms with Crippen LogP contribution in [0.5, 0.6) is 0 Å². The van der Waals surface area contributed by atoms with Crippen LogP contribution in [0.1, 0.15) is 15.9 Å².